The summed E-state index contributed by atoms with van der Waals surface area (Å²) in [4.78, 5) is 16.6. The third-order valence-corrected chi connectivity index (χ3v) is 7.04. The number of nitrogens with zero attached hydrogens (tertiary/aromatic N) is 2. The summed E-state index contributed by atoms with van der Waals surface area (Å²) in [6.45, 7) is 2.46. The number of carbonyl (C=O) groups is 1. The molecule has 5 nitrogen and oxygen atoms in total. The van der Waals surface area contributed by atoms with Gasteiger partial charge in [-0.05, 0) is 55.5 Å². The lowest BCUT2D eigenvalue weighted by molar-refractivity contribution is -0.135. The molecule has 4 rings (SSSR count). The molecule has 2 aromatic rings. The first-order chi connectivity index (χ1) is 15.6. The van der Waals surface area contributed by atoms with E-state index in [4.69, 9.17) is 16.3 Å². The fraction of sp³-hybridized carbons (Fsp3) is 0.500. The summed E-state index contributed by atoms with van der Waals surface area (Å²) in [5.41, 5.74) is 1.43. The highest BCUT2D eigenvalue weighted by Gasteiger charge is 2.38. The normalized spacial score (nSPS) is 18.5. The SMILES string of the molecule is O=C(CCl)N(CC1(O)CCN(c2ccc(OCc3ccccc3)cc2)CC1)C1CCCC1. The Hall–Kier alpha value is -2.24. The molecule has 6 heteroatoms. The fourth-order valence-corrected chi connectivity index (χ4v) is 5.02. The van der Waals surface area contributed by atoms with Crippen molar-refractivity contribution >= 4 is 23.2 Å². The first-order valence-electron chi connectivity index (χ1n) is 11.7. The molecule has 1 amide bonds. The molecule has 0 aromatic heterocycles. The fourth-order valence-electron chi connectivity index (χ4n) is 4.86. The zero-order valence-corrected chi connectivity index (χ0v) is 19.3. The Bertz CT molecular complexity index is 860. The average molecular weight is 457 g/mol. The van der Waals surface area contributed by atoms with Crippen molar-refractivity contribution in [1.82, 2.24) is 4.90 Å². The lowest BCUT2D eigenvalue weighted by atomic mass is 9.89. The number of benzene rings is 2. The zero-order chi connectivity index (χ0) is 22.4. The average Bonchev–Trinajstić information content (AvgIpc) is 3.37. The Kier molecular flexibility index (Phi) is 7.59. The molecule has 2 aromatic carbocycles. The van der Waals surface area contributed by atoms with Gasteiger partial charge in [0.15, 0.2) is 0 Å². The number of carbonyl (C=O) groups excluding carboxylic acids is 1. The van der Waals surface area contributed by atoms with E-state index in [-0.39, 0.29) is 17.8 Å². The third kappa shape index (κ3) is 5.76. The molecule has 2 fully saturated rings. The van der Waals surface area contributed by atoms with E-state index in [2.05, 4.69) is 29.2 Å². The molecule has 0 bridgehead atoms. The van der Waals surface area contributed by atoms with Gasteiger partial charge in [-0.2, -0.15) is 0 Å². The standard InChI is InChI=1S/C26H33ClN2O3/c27-18-25(30)29(23-8-4-5-9-23)20-26(31)14-16-28(17-15-26)22-10-12-24(13-11-22)32-19-21-6-2-1-3-7-21/h1-3,6-7,10-13,23,31H,4-5,8-9,14-20H2. The molecule has 32 heavy (non-hydrogen) atoms. The lowest BCUT2D eigenvalue weighted by Gasteiger charge is -2.43. The van der Waals surface area contributed by atoms with Crippen molar-refractivity contribution in [2.45, 2.75) is 56.8 Å². The zero-order valence-electron chi connectivity index (χ0n) is 18.6. The van der Waals surface area contributed by atoms with Crippen molar-refractivity contribution in [3.05, 3.63) is 60.2 Å². The smallest absolute Gasteiger partial charge is 0.237 e. The maximum absolute atomic E-state index is 12.4. The number of amides is 1. The number of hydrogen-bond donors (Lipinski definition) is 1. The molecule has 1 aliphatic carbocycles. The monoisotopic (exact) mass is 456 g/mol. The molecule has 172 valence electrons. The van der Waals surface area contributed by atoms with Crippen LogP contribution in [0.4, 0.5) is 5.69 Å². The van der Waals surface area contributed by atoms with Crippen LogP contribution in [0.1, 0.15) is 44.1 Å². The Labute approximate surface area is 195 Å². The third-order valence-electron chi connectivity index (χ3n) is 6.81. The molecule has 2 aliphatic rings. The van der Waals surface area contributed by atoms with Gasteiger partial charge in [-0.15, -0.1) is 11.6 Å². The summed E-state index contributed by atoms with van der Waals surface area (Å²) in [5.74, 6) is 0.774. The number of anilines is 1. The molecule has 0 spiro atoms. The van der Waals surface area contributed by atoms with Gasteiger partial charge in [-0.3, -0.25) is 4.79 Å². The minimum atomic E-state index is -0.848. The second-order valence-electron chi connectivity index (χ2n) is 9.07. The van der Waals surface area contributed by atoms with Gasteiger partial charge in [0.25, 0.3) is 0 Å². The maximum atomic E-state index is 12.4. The highest BCUT2D eigenvalue weighted by Crippen LogP contribution is 2.31. The summed E-state index contributed by atoms with van der Waals surface area (Å²) in [6, 6.07) is 18.5. The first kappa shape index (κ1) is 22.9. The summed E-state index contributed by atoms with van der Waals surface area (Å²) >= 11 is 5.87. The molecule has 1 saturated heterocycles. The van der Waals surface area contributed by atoms with Crippen LogP contribution in [0.25, 0.3) is 0 Å². The summed E-state index contributed by atoms with van der Waals surface area (Å²) in [5, 5.41) is 11.2. The van der Waals surface area contributed by atoms with E-state index in [0.717, 1.165) is 55.8 Å². The van der Waals surface area contributed by atoms with Crippen LogP contribution in [-0.4, -0.2) is 53.1 Å². The predicted molar refractivity (Wildman–Crippen MR) is 128 cm³/mol. The van der Waals surface area contributed by atoms with Gasteiger partial charge >= 0.3 is 0 Å². The topological polar surface area (TPSA) is 53.0 Å². The molecular formula is C26H33ClN2O3. The van der Waals surface area contributed by atoms with Gasteiger partial charge < -0.3 is 19.6 Å². The maximum Gasteiger partial charge on any atom is 0.237 e. The number of halogens is 1. The first-order valence-corrected chi connectivity index (χ1v) is 12.2. The quantitative estimate of drug-likeness (QED) is 0.589. The molecule has 0 atom stereocenters. The molecule has 1 N–H and O–H groups in total. The van der Waals surface area contributed by atoms with Crippen molar-refractivity contribution in [3.63, 3.8) is 0 Å². The van der Waals surface area contributed by atoms with E-state index in [9.17, 15) is 9.90 Å². The molecule has 1 aliphatic heterocycles. The number of hydrogen-bond acceptors (Lipinski definition) is 4. The Balaban J connectivity index is 1.31. The van der Waals surface area contributed by atoms with Crippen molar-refractivity contribution in [2.75, 3.05) is 30.4 Å². The van der Waals surface area contributed by atoms with Crippen LogP contribution in [0.2, 0.25) is 0 Å². The van der Waals surface area contributed by atoms with Crippen LogP contribution >= 0.6 is 11.6 Å². The van der Waals surface area contributed by atoms with Crippen molar-refractivity contribution in [3.8, 4) is 5.75 Å². The summed E-state index contributed by atoms with van der Waals surface area (Å²) < 4.78 is 5.89. The number of aliphatic hydroxyl groups is 1. The van der Waals surface area contributed by atoms with E-state index < -0.39 is 5.60 Å². The van der Waals surface area contributed by atoms with E-state index in [1.54, 1.807) is 0 Å². The molecule has 1 saturated carbocycles. The highest BCUT2D eigenvalue weighted by atomic mass is 35.5. The Morgan fingerprint density at radius 1 is 1.06 bits per heavy atom. The molecular weight excluding hydrogens is 424 g/mol. The second-order valence-corrected chi connectivity index (χ2v) is 9.34. The van der Waals surface area contributed by atoms with Crippen LogP contribution < -0.4 is 9.64 Å². The largest absolute Gasteiger partial charge is 0.489 e. The summed E-state index contributed by atoms with van der Waals surface area (Å²) in [6.07, 6.45) is 5.60. The van der Waals surface area contributed by atoms with Crippen LogP contribution in [-0.2, 0) is 11.4 Å². The van der Waals surface area contributed by atoms with Crippen molar-refractivity contribution in [1.29, 1.82) is 0 Å². The van der Waals surface area contributed by atoms with E-state index in [0.29, 0.717) is 26.0 Å². The van der Waals surface area contributed by atoms with Gasteiger partial charge in [-0.1, -0.05) is 43.2 Å². The number of piperidine rings is 1. The second kappa shape index (κ2) is 10.6. The van der Waals surface area contributed by atoms with E-state index in [1.807, 2.05) is 35.2 Å². The number of rotatable bonds is 8. The molecule has 1 heterocycles. The molecule has 0 radical (unpaired) electrons. The van der Waals surface area contributed by atoms with Gasteiger partial charge in [0.2, 0.25) is 5.91 Å². The predicted octanol–water partition coefficient (Wildman–Crippen LogP) is 4.61. The lowest BCUT2D eigenvalue weighted by Crippen LogP contribution is -2.54. The van der Waals surface area contributed by atoms with Crippen LogP contribution in [0.5, 0.6) is 5.75 Å². The van der Waals surface area contributed by atoms with Crippen LogP contribution in [0.15, 0.2) is 54.6 Å². The van der Waals surface area contributed by atoms with Gasteiger partial charge in [0, 0.05) is 31.4 Å². The van der Waals surface area contributed by atoms with Gasteiger partial charge in [0.05, 0.1) is 5.60 Å². The Morgan fingerprint density at radius 2 is 1.72 bits per heavy atom. The van der Waals surface area contributed by atoms with Crippen LogP contribution in [0, 0.1) is 0 Å². The van der Waals surface area contributed by atoms with Gasteiger partial charge in [-0.25, -0.2) is 0 Å². The number of ether oxygens (including phenoxy) is 1. The minimum absolute atomic E-state index is 0.0165. The van der Waals surface area contributed by atoms with Crippen molar-refractivity contribution in [2.24, 2.45) is 0 Å². The highest BCUT2D eigenvalue weighted by molar-refractivity contribution is 6.27. The number of alkyl halides is 1. The molecule has 0 unspecified atom stereocenters. The van der Waals surface area contributed by atoms with Gasteiger partial charge in [0.1, 0.15) is 18.2 Å². The summed E-state index contributed by atoms with van der Waals surface area (Å²) in [7, 11) is 0. The van der Waals surface area contributed by atoms with E-state index in [1.165, 1.54) is 0 Å². The van der Waals surface area contributed by atoms with E-state index >= 15 is 0 Å². The van der Waals surface area contributed by atoms with Crippen molar-refractivity contribution < 1.29 is 14.6 Å². The Morgan fingerprint density at radius 3 is 2.34 bits per heavy atom. The van der Waals surface area contributed by atoms with Crippen LogP contribution in [0.3, 0.4) is 0 Å². The minimum Gasteiger partial charge on any atom is -0.489 e.